The quantitative estimate of drug-likeness (QED) is 0.620. The highest BCUT2D eigenvalue weighted by molar-refractivity contribution is 5.71. The number of quaternary nitrogens is 1. The number of methoxy groups -OCH3 is 1. The summed E-state index contributed by atoms with van der Waals surface area (Å²) in [4.78, 5) is 10.1. The van der Waals surface area contributed by atoms with Crippen molar-refractivity contribution in [2.75, 3.05) is 7.11 Å². The second kappa shape index (κ2) is 12.0. The maximum absolute atomic E-state index is 10.1. The van der Waals surface area contributed by atoms with Crippen molar-refractivity contribution >= 4 is 5.97 Å². The second-order valence-electron chi connectivity index (χ2n) is 6.44. The van der Waals surface area contributed by atoms with Gasteiger partial charge in [0.05, 0.1) is 13.1 Å². The van der Waals surface area contributed by atoms with Gasteiger partial charge >= 0.3 is 0 Å². The van der Waals surface area contributed by atoms with Crippen molar-refractivity contribution in [1.29, 1.82) is 5.26 Å². The highest BCUT2D eigenvalue weighted by Gasteiger charge is 2.13. The number of hydrogen-bond acceptors (Lipinski definition) is 5. The molecule has 0 fully saturated rings. The van der Waals surface area contributed by atoms with Gasteiger partial charge in [0.25, 0.3) is 0 Å². The molecule has 0 heterocycles. The molecule has 3 N–H and O–H groups in total. The fourth-order valence-corrected chi connectivity index (χ4v) is 2.71. The summed E-state index contributed by atoms with van der Waals surface area (Å²) in [7, 11) is 1.64. The van der Waals surface area contributed by atoms with Gasteiger partial charge in [0.2, 0.25) is 0 Å². The van der Waals surface area contributed by atoms with Crippen LogP contribution >= 0.6 is 0 Å². The monoisotopic (exact) mass is 404 g/mol. The van der Waals surface area contributed by atoms with E-state index in [1.54, 1.807) is 25.3 Å². The first kappa shape index (κ1) is 22.6. The number of aliphatic hydroxyl groups excluding tert-OH is 1. The summed E-state index contributed by atoms with van der Waals surface area (Å²) in [5.41, 5.74) is 2.56. The summed E-state index contributed by atoms with van der Waals surface area (Å²) in [6.07, 6.45) is -1.52. The minimum absolute atomic E-state index is 0.189. The topological polar surface area (TPSA) is 110 Å². The second-order valence-corrected chi connectivity index (χ2v) is 6.44. The Balaban J connectivity index is 0.000000248. The van der Waals surface area contributed by atoms with Gasteiger partial charge in [-0.15, -0.1) is 0 Å². The predicted molar refractivity (Wildman–Crippen MR) is 110 cm³/mol. The molecule has 0 saturated heterocycles. The number of nitrogens with zero attached hydrogens (tertiary/aromatic N) is 1. The van der Waals surface area contributed by atoms with Gasteiger partial charge in [-0.05, 0) is 29.8 Å². The smallest absolute Gasteiger partial charge is 0.199 e. The number of nitriles is 1. The SMILES string of the molecule is COc1ccc([C@@H](C#N)[NH2+]Cc2ccccc2)cc1.O=C([O-])[C@H](O)c1ccccc1. The third kappa shape index (κ3) is 7.06. The van der Waals surface area contributed by atoms with E-state index in [0.717, 1.165) is 17.9 Å². The summed E-state index contributed by atoms with van der Waals surface area (Å²) < 4.78 is 5.12. The van der Waals surface area contributed by atoms with Gasteiger partial charge in [0, 0.05) is 11.1 Å². The Morgan fingerprint density at radius 2 is 1.57 bits per heavy atom. The molecule has 3 aromatic carbocycles. The number of ether oxygens (including phenoxy) is 1. The molecule has 3 rings (SSSR count). The van der Waals surface area contributed by atoms with Crippen LogP contribution in [0.25, 0.3) is 0 Å². The lowest BCUT2D eigenvalue weighted by Gasteiger charge is -2.10. The van der Waals surface area contributed by atoms with Crippen molar-refractivity contribution in [3.63, 3.8) is 0 Å². The number of carboxylic acid groups (broad SMARTS) is 1. The van der Waals surface area contributed by atoms with E-state index in [1.807, 2.05) is 47.8 Å². The van der Waals surface area contributed by atoms with Gasteiger partial charge < -0.3 is 25.1 Å². The Bertz CT molecular complexity index is 938. The molecule has 154 valence electrons. The van der Waals surface area contributed by atoms with Crippen LogP contribution in [-0.4, -0.2) is 18.2 Å². The fraction of sp³-hybridized carbons (Fsp3) is 0.167. The average Bonchev–Trinajstić information content (AvgIpc) is 2.81. The number of nitrogens with two attached hydrogens (primary N) is 1. The zero-order valence-electron chi connectivity index (χ0n) is 16.6. The van der Waals surface area contributed by atoms with Crippen LogP contribution in [0.15, 0.2) is 84.9 Å². The van der Waals surface area contributed by atoms with Gasteiger partial charge in [0.1, 0.15) is 24.5 Å². The number of benzene rings is 3. The third-order valence-corrected chi connectivity index (χ3v) is 4.38. The number of carbonyl (C=O) groups is 1. The van der Waals surface area contributed by atoms with Crippen LogP contribution < -0.4 is 15.2 Å². The van der Waals surface area contributed by atoms with E-state index < -0.39 is 12.1 Å². The molecular formula is C24H24N2O4. The molecule has 0 amide bonds. The van der Waals surface area contributed by atoms with Crippen LogP contribution in [0.5, 0.6) is 5.75 Å². The molecule has 0 radical (unpaired) electrons. The zero-order valence-corrected chi connectivity index (χ0v) is 16.6. The van der Waals surface area contributed by atoms with E-state index in [0.29, 0.717) is 5.56 Å². The predicted octanol–water partition coefficient (Wildman–Crippen LogP) is 1.49. The molecule has 2 atom stereocenters. The van der Waals surface area contributed by atoms with Crippen molar-refractivity contribution < 1.29 is 25.1 Å². The first-order chi connectivity index (χ1) is 14.5. The minimum Gasteiger partial charge on any atom is -0.547 e. The number of carboxylic acids is 1. The lowest BCUT2D eigenvalue weighted by Crippen LogP contribution is -2.83. The summed E-state index contributed by atoms with van der Waals surface area (Å²) in [6.45, 7) is 0.797. The molecular weight excluding hydrogens is 380 g/mol. The Hall–Kier alpha value is -3.66. The van der Waals surface area contributed by atoms with Gasteiger partial charge in [-0.25, -0.2) is 0 Å². The van der Waals surface area contributed by atoms with Crippen molar-refractivity contribution in [3.05, 3.63) is 102 Å². The Kier molecular flexibility index (Phi) is 9.07. The number of aliphatic hydroxyl groups is 1. The van der Waals surface area contributed by atoms with Crippen LogP contribution in [-0.2, 0) is 11.3 Å². The third-order valence-electron chi connectivity index (χ3n) is 4.38. The molecule has 0 aromatic heterocycles. The van der Waals surface area contributed by atoms with Gasteiger partial charge in [-0.3, -0.25) is 0 Å². The van der Waals surface area contributed by atoms with Gasteiger partial charge in [0.15, 0.2) is 6.04 Å². The highest BCUT2D eigenvalue weighted by atomic mass is 16.5. The molecule has 6 heteroatoms. The van der Waals surface area contributed by atoms with Crippen LogP contribution in [0.3, 0.4) is 0 Å². The maximum Gasteiger partial charge on any atom is 0.199 e. The highest BCUT2D eigenvalue weighted by Crippen LogP contribution is 2.15. The summed E-state index contributed by atoms with van der Waals surface area (Å²) in [5.74, 6) is -0.667. The molecule has 0 unspecified atom stereocenters. The summed E-state index contributed by atoms with van der Waals surface area (Å²) in [6, 6.07) is 28.1. The Morgan fingerprint density at radius 1 is 1.00 bits per heavy atom. The largest absolute Gasteiger partial charge is 0.547 e. The minimum atomic E-state index is -1.52. The summed E-state index contributed by atoms with van der Waals surface area (Å²) in [5, 5.41) is 30.4. The summed E-state index contributed by atoms with van der Waals surface area (Å²) >= 11 is 0. The lowest BCUT2D eigenvalue weighted by atomic mass is 10.1. The van der Waals surface area contributed by atoms with Crippen molar-refractivity contribution in [1.82, 2.24) is 0 Å². The molecule has 0 saturated carbocycles. The normalized spacial score (nSPS) is 11.9. The molecule has 3 aromatic rings. The van der Waals surface area contributed by atoms with E-state index in [4.69, 9.17) is 9.84 Å². The lowest BCUT2D eigenvalue weighted by molar-refractivity contribution is -0.699. The number of rotatable bonds is 7. The van der Waals surface area contributed by atoms with Gasteiger partial charge in [-0.1, -0.05) is 60.7 Å². The van der Waals surface area contributed by atoms with Crippen LogP contribution in [0.4, 0.5) is 0 Å². The Morgan fingerprint density at radius 3 is 2.07 bits per heavy atom. The van der Waals surface area contributed by atoms with E-state index in [2.05, 4.69) is 18.2 Å². The molecule has 0 spiro atoms. The maximum atomic E-state index is 10.1. The molecule has 0 bridgehead atoms. The first-order valence-corrected chi connectivity index (χ1v) is 9.39. The average molecular weight is 404 g/mol. The first-order valence-electron chi connectivity index (χ1n) is 9.39. The van der Waals surface area contributed by atoms with E-state index >= 15 is 0 Å². The van der Waals surface area contributed by atoms with E-state index in [-0.39, 0.29) is 6.04 Å². The number of carbonyl (C=O) groups excluding carboxylic acids is 1. The van der Waals surface area contributed by atoms with Crippen LogP contribution in [0, 0.1) is 11.3 Å². The van der Waals surface area contributed by atoms with Crippen molar-refractivity contribution in [2.24, 2.45) is 0 Å². The van der Waals surface area contributed by atoms with Crippen molar-refractivity contribution in [3.8, 4) is 11.8 Å². The number of aliphatic carboxylic acids is 1. The van der Waals surface area contributed by atoms with Crippen LogP contribution in [0.2, 0.25) is 0 Å². The fourth-order valence-electron chi connectivity index (χ4n) is 2.71. The molecule has 0 aliphatic carbocycles. The molecule has 0 aliphatic heterocycles. The molecule has 30 heavy (non-hydrogen) atoms. The van der Waals surface area contributed by atoms with Gasteiger partial charge in [-0.2, -0.15) is 5.26 Å². The molecule has 0 aliphatic rings. The van der Waals surface area contributed by atoms with E-state index in [9.17, 15) is 15.2 Å². The zero-order chi connectivity index (χ0) is 21.8. The number of hydrogen-bond donors (Lipinski definition) is 2. The standard InChI is InChI=1S/C16H16N2O.C8H8O3/c1-19-15-9-7-14(8-10-15)16(11-17)18-12-13-5-3-2-4-6-13;9-7(8(10)11)6-4-2-1-3-5-6/h2-10,16,18H,12H2,1H3;1-5,7,9H,(H,10,11)/t16-;7-/m11/s1. The molecule has 6 nitrogen and oxygen atoms in total. The van der Waals surface area contributed by atoms with E-state index in [1.165, 1.54) is 17.7 Å². The Labute approximate surface area is 176 Å². The van der Waals surface area contributed by atoms with Crippen molar-refractivity contribution in [2.45, 2.75) is 18.7 Å². The van der Waals surface area contributed by atoms with Crippen LogP contribution in [0.1, 0.15) is 28.8 Å².